The average Bonchev–Trinajstić information content (AvgIpc) is 2.68. The van der Waals surface area contributed by atoms with Crippen LogP contribution in [0, 0.1) is 5.92 Å². The van der Waals surface area contributed by atoms with Crippen LogP contribution in [-0.2, 0) is 22.9 Å². The molecule has 140 valence electrons. The van der Waals surface area contributed by atoms with E-state index in [9.17, 15) is 13.2 Å². The van der Waals surface area contributed by atoms with Crippen molar-refractivity contribution in [2.75, 3.05) is 4.72 Å². The fraction of sp³-hybridized carbons (Fsp3) is 0.286. The molecule has 1 atom stereocenters. The first kappa shape index (κ1) is 18.2. The first-order chi connectivity index (χ1) is 13.0. The Morgan fingerprint density at radius 1 is 1.15 bits per heavy atom. The van der Waals surface area contributed by atoms with Crippen LogP contribution >= 0.6 is 11.3 Å². The van der Waals surface area contributed by atoms with Gasteiger partial charge in [-0.15, -0.1) is 11.3 Å². The maximum atomic E-state index is 12.9. The minimum atomic E-state index is -3.65. The summed E-state index contributed by atoms with van der Waals surface area (Å²) >= 11 is 1.62. The van der Waals surface area contributed by atoms with Crippen molar-refractivity contribution >= 4 is 37.1 Å². The largest absolute Gasteiger partial charge is 0.289 e. The molecule has 4 rings (SSSR count). The van der Waals surface area contributed by atoms with Crippen molar-refractivity contribution in [2.24, 2.45) is 5.92 Å². The SMILES string of the molecule is CCC1CCc2c(sc3cc(NS(=O)(=O)c4ccccc4)ccc3c2=O)C1. The van der Waals surface area contributed by atoms with Gasteiger partial charge >= 0.3 is 0 Å². The van der Waals surface area contributed by atoms with Gasteiger partial charge in [-0.05, 0) is 55.5 Å². The smallest absolute Gasteiger partial charge is 0.261 e. The fourth-order valence-electron chi connectivity index (χ4n) is 3.63. The van der Waals surface area contributed by atoms with E-state index in [0.717, 1.165) is 40.8 Å². The highest BCUT2D eigenvalue weighted by atomic mass is 32.2. The molecule has 1 N–H and O–H groups in total. The van der Waals surface area contributed by atoms with Gasteiger partial charge in [0.1, 0.15) is 0 Å². The van der Waals surface area contributed by atoms with E-state index in [1.54, 1.807) is 59.9 Å². The zero-order chi connectivity index (χ0) is 19.0. The number of fused-ring (bicyclic) bond motifs is 2. The lowest BCUT2D eigenvalue weighted by atomic mass is 9.87. The van der Waals surface area contributed by atoms with Gasteiger partial charge in [0.15, 0.2) is 5.43 Å². The predicted molar refractivity (Wildman–Crippen MR) is 111 cm³/mol. The highest BCUT2D eigenvalue weighted by molar-refractivity contribution is 7.92. The Bertz CT molecular complexity index is 1150. The highest BCUT2D eigenvalue weighted by Crippen LogP contribution is 2.33. The summed E-state index contributed by atoms with van der Waals surface area (Å²) < 4.78 is 28.6. The van der Waals surface area contributed by atoms with Crippen molar-refractivity contribution < 1.29 is 8.42 Å². The number of hydrogen-bond acceptors (Lipinski definition) is 4. The van der Waals surface area contributed by atoms with E-state index in [1.807, 2.05) is 0 Å². The van der Waals surface area contributed by atoms with E-state index in [4.69, 9.17) is 0 Å². The summed E-state index contributed by atoms with van der Waals surface area (Å²) in [6, 6.07) is 13.5. The molecule has 27 heavy (non-hydrogen) atoms. The monoisotopic (exact) mass is 399 g/mol. The molecular weight excluding hydrogens is 378 g/mol. The summed E-state index contributed by atoms with van der Waals surface area (Å²) in [6.45, 7) is 2.19. The van der Waals surface area contributed by atoms with Crippen LogP contribution in [-0.4, -0.2) is 8.42 Å². The molecule has 0 bridgehead atoms. The van der Waals surface area contributed by atoms with Crippen LogP contribution in [0.4, 0.5) is 5.69 Å². The first-order valence-corrected chi connectivity index (χ1v) is 11.4. The summed E-state index contributed by atoms with van der Waals surface area (Å²) in [4.78, 5) is 14.2. The van der Waals surface area contributed by atoms with Crippen LogP contribution in [0.25, 0.3) is 10.1 Å². The van der Waals surface area contributed by atoms with Crippen molar-refractivity contribution in [2.45, 2.75) is 37.5 Å². The molecule has 0 amide bonds. The second-order valence-corrected chi connectivity index (χ2v) is 9.80. The third-order valence-corrected chi connectivity index (χ3v) is 7.84. The van der Waals surface area contributed by atoms with Gasteiger partial charge in [-0.3, -0.25) is 9.52 Å². The number of anilines is 1. The van der Waals surface area contributed by atoms with E-state index in [1.165, 1.54) is 0 Å². The standard InChI is InChI=1S/C21H21NO3S2/c1-2-14-8-10-17-19(12-14)26-20-13-15(9-11-18(20)21(17)23)22-27(24,25)16-6-4-3-5-7-16/h3-7,9,11,13-14,22H,2,8,10,12H2,1H3. The number of rotatable bonds is 4. The molecule has 0 radical (unpaired) electrons. The second kappa shape index (κ2) is 7.09. The topological polar surface area (TPSA) is 63.2 Å². The van der Waals surface area contributed by atoms with Gasteiger partial charge in [-0.1, -0.05) is 31.5 Å². The van der Waals surface area contributed by atoms with Crippen LogP contribution in [0.3, 0.4) is 0 Å². The van der Waals surface area contributed by atoms with Gasteiger partial charge in [-0.2, -0.15) is 0 Å². The Labute approximate surface area is 162 Å². The average molecular weight is 400 g/mol. The lowest BCUT2D eigenvalue weighted by Crippen LogP contribution is -2.20. The number of sulfonamides is 1. The summed E-state index contributed by atoms with van der Waals surface area (Å²) in [6.07, 6.45) is 3.99. The van der Waals surface area contributed by atoms with E-state index in [2.05, 4.69) is 11.6 Å². The molecule has 1 heterocycles. The number of nitrogens with one attached hydrogen (secondary N) is 1. The van der Waals surface area contributed by atoms with Gasteiger partial charge in [0, 0.05) is 20.5 Å². The fourth-order valence-corrected chi connectivity index (χ4v) is 6.06. The Hall–Kier alpha value is -2.18. The van der Waals surface area contributed by atoms with Crippen molar-refractivity contribution in [1.82, 2.24) is 0 Å². The normalized spacial score (nSPS) is 16.9. The van der Waals surface area contributed by atoms with E-state index < -0.39 is 10.0 Å². The molecule has 0 fully saturated rings. The molecule has 6 heteroatoms. The van der Waals surface area contributed by atoms with Crippen molar-refractivity contribution in [3.63, 3.8) is 0 Å². The lowest BCUT2D eigenvalue weighted by molar-refractivity contribution is 0.448. The molecule has 0 saturated heterocycles. The Morgan fingerprint density at radius 2 is 1.93 bits per heavy atom. The number of benzene rings is 2. The Balaban J connectivity index is 1.73. The molecular formula is C21H21NO3S2. The van der Waals surface area contributed by atoms with Crippen LogP contribution < -0.4 is 10.2 Å². The molecule has 0 saturated carbocycles. The van der Waals surface area contributed by atoms with Crippen LogP contribution in [0.2, 0.25) is 0 Å². The maximum Gasteiger partial charge on any atom is 0.261 e. The Morgan fingerprint density at radius 3 is 2.67 bits per heavy atom. The van der Waals surface area contributed by atoms with E-state index in [-0.39, 0.29) is 10.3 Å². The van der Waals surface area contributed by atoms with Gasteiger partial charge in [0.2, 0.25) is 0 Å². The van der Waals surface area contributed by atoms with Crippen molar-refractivity contribution in [3.05, 3.63) is 69.2 Å². The van der Waals surface area contributed by atoms with E-state index in [0.29, 0.717) is 17.0 Å². The molecule has 1 aliphatic rings. The van der Waals surface area contributed by atoms with Gasteiger partial charge < -0.3 is 0 Å². The van der Waals surface area contributed by atoms with Crippen molar-refractivity contribution in [3.8, 4) is 0 Å². The van der Waals surface area contributed by atoms with E-state index >= 15 is 0 Å². The zero-order valence-electron chi connectivity index (χ0n) is 15.1. The first-order valence-electron chi connectivity index (χ1n) is 9.14. The summed E-state index contributed by atoms with van der Waals surface area (Å²) in [5.74, 6) is 0.630. The summed E-state index contributed by atoms with van der Waals surface area (Å²) in [5.41, 5.74) is 1.53. The molecule has 1 aromatic heterocycles. The molecule has 2 aromatic carbocycles. The van der Waals surface area contributed by atoms with Crippen LogP contribution in [0.15, 0.2) is 58.2 Å². The predicted octanol–water partition coefficient (Wildman–Crippen LogP) is 4.58. The second-order valence-electron chi connectivity index (χ2n) is 6.98. The Kier molecular flexibility index (Phi) is 4.78. The quantitative estimate of drug-likeness (QED) is 0.699. The third kappa shape index (κ3) is 3.51. The molecule has 4 nitrogen and oxygen atoms in total. The maximum absolute atomic E-state index is 12.9. The van der Waals surface area contributed by atoms with Gasteiger partial charge in [0.05, 0.1) is 10.6 Å². The van der Waals surface area contributed by atoms with Crippen molar-refractivity contribution in [1.29, 1.82) is 0 Å². The summed E-state index contributed by atoms with van der Waals surface area (Å²) in [7, 11) is -3.65. The highest BCUT2D eigenvalue weighted by Gasteiger charge is 2.22. The molecule has 1 aliphatic carbocycles. The third-order valence-electron chi connectivity index (χ3n) is 5.23. The molecule has 3 aromatic rings. The molecule has 1 unspecified atom stereocenters. The number of hydrogen-bond donors (Lipinski definition) is 1. The lowest BCUT2D eigenvalue weighted by Gasteiger charge is -2.22. The minimum absolute atomic E-state index is 0.103. The summed E-state index contributed by atoms with van der Waals surface area (Å²) in [5, 5.41) is 0.677. The van der Waals surface area contributed by atoms with Gasteiger partial charge in [-0.25, -0.2) is 8.42 Å². The van der Waals surface area contributed by atoms with Crippen LogP contribution in [0.1, 0.15) is 30.2 Å². The molecule has 0 spiro atoms. The van der Waals surface area contributed by atoms with Gasteiger partial charge in [0.25, 0.3) is 10.0 Å². The molecule has 0 aliphatic heterocycles. The minimum Gasteiger partial charge on any atom is -0.289 e. The van der Waals surface area contributed by atoms with Crippen LogP contribution in [0.5, 0.6) is 0 Å². The zero-order valence-corrected chi connectivity index (χ0v) is 16.7.